The van der Waals surface area contributed by atoms with Gasteiger partial charge in [0.05, 0.1) is 0 Å². The fourth-order valence-electron chi connectivity index (χ4n) is 12.7. The topological polar surface area (TPSA) is 15.5 Å². The minimum absolute atomic E-state index is 0.199. The van der Waals surface area contributed by atoms with Crippen molar-refractivity contribution in [3.8, 4) is 45.0 Å². The molecule has 0 saturated carbocycles. The van der Waals surface area contributed by atoms with Gasteiger partial charge in [-0.2, -0.15) is 0 Å². The van der Waals surface area contributed by atoms with Gasteiger partial charge in [0.15, 0.2) is 0 Å². The number of nitrogens with zero attached hydrogens (tertiary/aromatic N) is 4. The van der Waals surface area contributed by atoms with Crippen LogP contribution in [0.2, 0.25) is 69.1 Å². The summed E-state index contributed by atoms with van der Waals surface area (Å²) >= 11 is -7.22. The molecule has 4 heterocycles. The van der Waals surface area contributed by atoms with Crippen molar-refractivity contribution in [3.63, 3.8) is 0 Å². The molecule has 8 heteroatoms. The molecule has 88 heavy (non-hydrogen) atoms. The summed E-state index contributed by atoms with van der Waals surface area (Å²) in [5, 5.41) is 0. The molecule has 0 N–H and O–H groups in total. The third-order valence-corrected chi connectivity index (χ3v) is 35.5. The van der Waals surface area contributed by atoms with E-state index in [-0.39, 0.29) is 5.41 Å². The zero-order valence-electron chi connectivity index (χ0n) is 61.7. The predicted molar refractivity (Wildman–Crippen MR) is 398 cm³/mol. The van der Waals surface area contributed by atoms with Crippen LogP contribution < -0.4 is 35.9 Å². The van der Waals surface area contributed by atoms with E-state index < -0.39 is 53.1 Å². The third kappa shape index (κ3) is 19.4. The molecule has 0 amide bonds. The summed E-state index contributed by atoms with van der Waals surface area (Å²) in [6.07, 6.45) is 10.7. The Kier molecular flexibility index (Phi) is 24.9. The van der Waals surface area contributed by atoms with Gasteiger partial charge in [0.2, 0.25) is 0 Å². The molecule has 472 valence electrons. The number of hydrogen-bond donors (Lipinski definition) is 0. The van der Waals surface area contributed by atoms with Crippen molar-refractivity contribution in [1.82, 2.24) is 0 Å². The summed E-state index contributed by atoms with van der Waals surface area (Å²) in [5.41, 5.74) is 27.7. The Morgan fingerprint density at radius 3 is 0.909 bits per heavy atom. The molecule has 0 radical (unpaired) electrons. The molecule has 0 saturated heterocycles. The van der Waals surface area contributed by atoms with Gasteiger partial charge in [-0.25, -0.2) is 0 Å². The molecule has 0 aliphatic carbocycles. The van der Waals surface area contributed by atoms with E-state index in [2.05, 4.69) is 348 Å². The maximum atomic E-state index is 2.47. The van der Waals surface area contributed by atoms with Crippen LogP contribution in [-0.2, 0) is 40.0 Å². The van der Waals surface area contributed by atoms with Crippen LogP contribution in [-0.4, -0.2) is 53.1 Å². The first kappa shape index (κ1) is 74.4. The van der Waals surface area contributed by atoms with Crippen molar-refractivity contribution in [3.05, 3.63) is 189 Å². The van der Waals surface area contributed by atoms with E-state index in [0.717, 1.165) is 6.42 Å². The minimum atomic E-state index is -1.82. The van der Waals surface area contributed by atoms with Crippen LogP contribution in [0.15, 0.2) is 122 Å². The fraction of sp³-hybridized carbons (Fsp3) is 0.450. The van der Waals surface area contributed by atoms with Gasteiger partial charge < -0.3 is 0 Å². The van der Waals surface area contributed by atoms with E-state index in [1.807, 2.05) is 0 Å². The van der Waals surface area contributed by atoms with Crippen LogP contribution in [0.3, 0.4) is 0 Å². The summed E-state index contributed by atoms with van der Waals surface area (Å²) < 4.78 is 15.7. The van der Waals surface area contributed by atoms with E-state index in [0.29, 0.717) is 11.8 Å². The average Bonchev–Trinajstić information content (AvgIpc) is 0.993. The number of aryl methyl sites for hydroxylation is 13. The van der Waals surface area contributed by atoms with Gasteiger partial charge in [0.1, 0.15) is 0 Å². The van der Waals surface area contributed by atoms with E-state index in [1.54, 1.807) is 17.6 Å². The zero-order chi connectivity index (χ0) is 66.7. The molecule has 8 aromatic rings. The monoisotopic (exact) mass is 1430 g/mol. The Labute approximate surface area is 549 Å². The second kappa shape index (κ2) is 29.5. The van der Waals surface area contributed by atoms with Gasteiger partial charge >= 0.3 is 554 Å². The predicted octanol–water partition coefficient (Wildman–Crippen LogP) is 17.3. The zero-order valence-corrected chi connectivity index (χ0v) is 70.1. The molecule has 0 unspecified atom stereocenters. The maximum absolute atomic E-state index is 2.47. The first-order chi connectivity index (χ1) is 40.3. The summed E-state index contributed by atoms with van der Waals surface area (Å²) in [5.74, 6) is 30.8. The Balaban J connectivity index is 0.000000214. The van der Waals surface area contributed by atoms with Crippen LogP contribution in [0.25, 0.3) is 45.0 Å². The van der Waals surface area contributed by atoms with E-state index >= 15 is 0 Å². The summed E-state index contributed by atoms with van der Waals surface area (Å²) in [6.45, 7) is 36.0. The standard InChI is InChI=1S/2C21H32GeN.C20H30GeN.C18H26GeN/c1-15-12-17(21(3,4)5)10-11-18(15)20-13-16(2)19(14-23(20)9)22(6,7)8;1-15(2)11-18-9-10-19(16(3)12-18)21-13-17(4)20(14-23(21)8)22(5,6)7;1-14(2)17-9-10-18(15(3)11-17)20-12-16(4)19(13-22(20)8)21(5,6)7;1-13-8-9-16(14(2)10-13)18-11-15(3)17(12-20(18)7)19(4,5)6/h10-14H,1-9H3;9-10,12-15H,11H2,1-8H3;9-14H,1-8H3;8-12H,1-7H3/q4*+1. The molecule has 0 aliphatic heterocycles. The van der Waals surface area contributed by atoms with Crippen molar-refractivity contribution in [2.45, 2.75) is 198 Å². The molecule has 4 aromatic carbocycles. The van der Waals surface area contributed by atoms with Crippen molar-refractivity contribution in [2.75, 3.05) is 0 Å². The summed E-state index contributed by atoms with van der Waals surface area (Å²) in [6, 6.07) is 37.0. The normalized spacial score (nSPS) is 12.1. The SMILES string of the molecule is Cc1cc(C(C)(C)C)ccc1-c1cc(C)[c]([Ge]([CH3])([CH3])[CH3])c[n+]1C.Cc1cc(C(C)C)ccc1-c1cc(C)[c]([Ge]([CH3])([CH3])[CH3])c[n+]1C.Cc1cc(CC(C)C)ccc1-c1cc(C)[c]([Ge]([CH3])([CH3])[CH3])c[n+]1C.Cc1ccc(-c2cc(C)[c]([Ge]([CH3])([CH3])[CH3])c[n+]2C)c(C)c1. The summed E-state index contributed by atoms with van der Waals surface area (Å²) in [4.78, 5) is 0. The first-order valence-corrected chi connectivity index (χ1v) is 62.1. The number of hydrogen-bond acceptors (Lipinski definition) is 0. The number of aromatic nitrogens is 4. The molecule has 0 aliphatic rings. The Hall–Kier alpha value is -4.35. The van der Waals surface area contributed by atoms with Crippen LogP contribution in [0, 0.1) is 68.2 Å². The van der Waals surface area contributed by atoms with E-state index in [1.165, 1.54) is 112 Å². The Morgan fingerprint density at radius 1 is 0.341 bits per heavy atom. The molecule has 8 rings (SSSR count). The quantitative estimate of drug-likeness (QED) is 0.0906. The third-order valence-electron chi connectivity index (χ3n) is 17.6. The Morgan fingerprint density at radius 2 is 0.636 bits per heavy atom. The van der Waals surface area contributed by atoms with Crippen LogP contribution >= 0.6 is 0 Å². The van der Waals surface area contributed by atoms with Crippen LogP contribution in [0.1, 0.15) is 121 Å². The summed E-state index contributed by atoms with van der Waals surface area (Å²) in [7, 11) is 8.73. The van der Waals surface area contributed by atoms with Crippen molar-refractivity contribution < 1.29 is 18.3 Å². The van der Waals surface area contributed by atoms with Crippen molar-refractivity contribution in [1.29, 1.82) is 0 Å². The molecule has 4 aromatic heterocycles. The molecular weight excluding hydrogens is 1310 g/mol. The molecule has 0 atom stereocenters. The van der Waals surface area contributed by atoms with Gasteiger partial charge in [0.25, 0.3) is 0 Å². The van der Waals surface area contributed by atoms with Gasteiger partial charge in [0, 0.05) is 0 Å². The number of benzene rings is 4. The molecule has 0 bridgehead atoms. The molecule has 0 fully saturated rings. The van der Waals surface area contributed by atoms with Crippen molar-refractivity contribution >= 4 is 70.6 Å². The van der Waals surface area contributed by atoms with Crippen LogP contribution in [0.5, 0.6) is 0 Å². The molecule has 4 nitrogen and oxygen atoms in total. The van der Waals surface area contributed by atoms with Gasteiger partial charge in [-0.3, -0.25) is 0 Å². The van der Waals surface area contributed by atoms with Crippen LogP contribution in [0.4, 0.5) is 0 Å². The molecular formula is C80H120Ge4N4+4. The van der Waals surface area contributed by atoms with Gasteiger partial charge in [-0.05, 0) is 0 Å². The van der Waals surface area contributed by atoms with E-state index in [9.17, 15) is 0 Å². The Bertz CT molecular complexity index is 3770. The van der Waals surface area contributed by atoms with E-state index in [4.69, 9.17) is 0 Å². The van der Waals surface area contributed by atoms with Gasteiger partial charge in [-0.15, -0.1) is 0 Å². The molecule has 0 spiro atoms. The number of pyridine rings is 4. The van der Waals surface area contributed by atoms with Crippen molar-refractivity contribution in [2.24, 2.45) is 34.1 Å². The number of rotatable bonds is 11. The second-order valence-electron chi connectivity index (χ2n) is 32.0. The second-order valence-corrected chi connectivity index (χ2v) is 74.3. The van der Waals surface area contributed by atoms with Gasteiger partial charge in [-0.1, -0.05) is 0 Å². The fourth-order valence-corrected chi connectivity index (χ4v) is 28.1. The first-order valence-electron chi connectivity index (χ1n) is 32.7. The average molecular weight is 1430 g/mol.